The van der Waals surface area contributed by atoms with Crippen molar-refractivity contribution in [3.05, 3.63) is 11.1 Å². The van der Waals surface area contributed by atoms with Crippen LogP contribution in [-0.4, -0.2) is 12.6 Å². The summed E-state index contributed by atoms with van der Waals surface area (Å²) in [4.78, 5) is 11.9. The van der Waals surface area contributed by atoms with Gasteiger partial charge in [-0.05, 0) is 69.6 Å². The Kier molecular flexibility index (Phi) is 2.76. The number of carbonyl (C=O) groups excluding carboxylic acids is 1. The first-order chi connectivity index (χ1) is 8.19. The number of allylic oxidation sites excluding steroid dienone is 1. The SMILES string of the molecule is CCOC(=O)C(C)=C1C2CC3CC(C2)CC1C3. The number of rotatable bonds is 2. The summed E-state index contributed by atoms with van der Waals surface area (Å²) < 4.78 is 5.16. The van der Waals surface area contributed by atoms with Gasteiger partial charge in [0.05, 0.1) is 6.61 Å². The predicted molar refractivity (Wildman–Crippen MR) is 66.4 cm³/mol. The molecule has 0 N–H and O–H groups in total. The van der Waals surface area contributed by atoms with E-state index in [9.17, 15) is 4.79 Å². The standard InChI is InChI=1S/C15H22O2/c1-3-17-15(16)9(2)14-12-5-10-4-11(7-12)8-13(14)6-10/h10-13H,3-8H2,1-2H3. The van der Waals surface area contributed by atoms with Gasteiger partial charge in [0, 0.05) is 5.57 Å². The summed E-state index contributed by atoms with van der Waals surface area (Å²) in [6.07, 6.45) is 6.79. The minimum Gasteiger partial charge on any atom is -0.463 e. The summed E-state index contributed by atoms with van der Waals surface area (Å²) in [6.45, 7) is 4.35. The van der Waals surface area contributed by atoms with Crippen molar-refractivity contribution in [1.29, 1.82) is 0 Å². The van der Waals surface area contributed by atoms with Gasteiger partial charge in [0.2, 0.25) is 0 Å². The van der Waals surface area contributed by atoms with Gasteiger partial charge < -0.3 is 4.74 Å². The fraction of sp³-hybridized carbons (Fsp3) is 0.800. The third-order valence-corrected chi connectivity index (χ3v) is 5.03. The molecule has 4 aliphatic carbocycles. The summed E-state index contributed by atoms with van der Waals surface area (Å²) in [5, 5.41) is 0. The van der Waals surface area contributed by atoms with E-state index in [0.29, 0.717) is 18.4 Å². The van der Waals surface area contributed by atoms with Crippen molar-refractivity contribution < 1.29 is 9.53 Å². The number of ether oxygens (including phenoxy) is 1. The van der Waals surface area contributed by atoms with Gasteiger partial charge in [-0.2, -0.15) is 0 Å². The zero-order chi connectivity index (χ0) is 12.0. The molecule has 94 valence electrons. The van der Waals surface area contributed by atoms with E-state index in [-0.39, 0.29) is 5.97 Å². The van der Waals surface area contributed by atoms with Gasteiger partial charge in [0.25, 0.3) is 0 Å². The first-order valence-corrected chi connectivity index (χ1v) is 7.06. The minimum atomic E-state index is -0.0741. The van der Waals surface area contributed by atoms with Gasteiger partial charge >= 0.3 is 5.97 Å². The van der Waals surface area contributed by atoms with Crippen LogP contribution in [0.5, 0.6) is 0 Å². The predicted octanol–water partition coefficient (Wildman–Crippen LogP) is 3.32. The lowest BCUT2D eigenvalue weighted by molar-refractivity contribution is -0.138. The van der Waals surface area contributed by atoms with E-state index in [1.54, 1.807) is 0 Å². The monoisotopic (exact) mass is 234 g/mol. The molecule has 0 aromatic rings. The molecule has 4 aliphatic rings. The average Bonchev–Trinajstić information content (AvgIpc) is 2.27. The highest BCUT2D eigenvalue weighted by Gasteiger charge is 2.46. The van der Waals surface area contributed by atoms with E-state index >= 15 is 0 Å². The van der Waals surface area contributed by atoms with Crippen LogP contribution in [-0.2, 0) is 9.53 Å². The largest absolute Gasteiger partial charge is 0.463 e. The van der Waals surface area contributed by atoms with Crippen LogP contribution in [0.1, 0.15) is 46.0 Å². The molecule has 0 aliphatic heterocycles. The lowest BCUT2D eigenvalue weighted by atomic mass is 9.53. The Labute approximate surface area is 103 Å². The second-order valence-corrected chi connectivity index (χ2v) is 6.11. The maximum absolute atomic E-state index is 11.9. The Bertz CT molecular complexity index is 337. The summed E-state index contributed by atoms with van der Waals surface area (Å²) >= 11 is 0. The van der Waals surface area contributed by atoms with E-state index in [0.717, 1.165) is 17.4 Å². The topological polar surface area (TPSA) is 26.3 Å². The van der Waals surface area contributed by atoms with Gasteiger partial charge in [-0.3, -0.25) is 0 Å². The highest BCUT2D eigenvalue weighted by Crippen LogP contribution is 2.57. The summed E-state index contributed by atoms with van der Waals surface area (Å²) in [6, 6.07) is 0. The van der Waals surface area contributed by atoms with Gasteiger partial charge in [-0.1, -0.05) is 5.57 Å². The molecule has 0 atom stereocenters. The number of hydrogen-bond donors (Lipinski definition) is 0. The van der Waals surface area contributed by atoms with Gasteiger partial charge in [0.15, 0.2) is 0 Å². The highest BCUT2D eigenvalue weighted by molar-refractivity contribution is 5.89. The van der Waals surface area contributed by atoms with Crippen LogP contribution < -0.4 is 0 Å². The Morgan fingerprint density at radius 3 is 2.12 bits per heavy atom. The Morgan fingerprint density at radius 2 is 1.65 bits per heavy atom. The molecule has 0 heterocycles. The summed E-state index contributed by atoms with van der Waals surface area (Å²) in [5.74, 6) is 3.24. The molecule has 0 spiro atoms. The van der Waals surface area contributed by atoms with Crippen LogP contribution in [0.3, 0.4) is 0 Å². The van der Waals surface area contributed by atoms with Crippen molar-refractivity contribution in [3.8, 4) is 0 Å². The molecule has 0 unspecified atom stereocenters. The lowest BCUT2D eigenvalue weighted by Gasteiger charge is -2.51. The van der Waals surface area contributed by atoms with Crippen molar-refractivity contribution in [2.45, 2.75) is 46.0 Å². The molecule has 2 heteroatoms. The molecule has 4 rings (SSSR count). The molecule has 0 aromatic carbocycles. The van der Waals surface area contributed by atoms with Gasteiger partial charge in [-0.15, -0.1) is 0 Å². The molecular weight excluding hydrogens is 212 g/mol. The van der Waals surface area contributed by atoms with Crippen molar-refractivity contribution in [3.63, 3.8) is 0 Å². The molecule has 2 nitrogen and oxygen atoms in total. The van der Waals surface area contributed by atoms with E-state index in [1.165, 1.54) is 37.7 Å². The average molecular weight is 234 g/mol. The fourth-order valence-corrected chi connectivity index (χ4v) is 4.66. The molecular formula is C15H22O2. The third kappa shape index (κ3) is 1.82. The first kappa shape index (κ1) is 11.3. The van der Waals surface area contributed by atoms with Crippen LogP contribution in [0.15, 0.2) is 11.1 Å². The molecule has 4 saturated carbocycles. The maximum atomic E-state index is 11.9. The molecule has 0 amide bonds. The Morgan fingerprint density at radius 1 is 1.12 bits per heavy atom. The number of esters is 1. The smallest absolute Gasteiger partial charge is 0.333 e. The molecule has 0 radical (unpaired) electrons. The first-order valence-electron chi connectivity index (χ1n) is 7.06. The van der Waals surface area contributed by atoms with Crippen molar-refractivity contribution >= 4 is 5.97 Å². The lowest BCUT2D eigenvalue weighted by Crippen LogP contribution is -2.41. The second kappa shape index (κ2) is 4.15. The maximum Gasteiger partial charge on any atom is 0.333 e. The van der Waals surface area contributed by atoms with Gasteiger partial charge in [-0.25, -0.2) is 4.79 Å². The van der Waals surface area contributed by atoms with Crippen LogP contribution in [0.25, 0.3) is 0 Å². The van der Waals surface area contributed by atoms with E-state index in [4.69, 9.17) is 4.74 Å². The summed E-state index contributed by atoms with van der Waals surface area (Å²) in [7, 11) is 0. The normalized spacial score (nSPS) is 38.4. The molecule has 4 fully saturated rings. The van der Waals surface area contributed by atoms with Crippen LogP contribution in [0, 0.1) is 23.7 Å². The van der Waals surface area contributed by atoms with E-state index < -0.39 is 0 Å². The molecule has 17 heavy (non-hydrogen) atoms. The van der Waals surface area contributed by atoms with Crippen molar-refractivity contribution in [1.82, 2.24) is 0 Å². The van der Waals surface area contributed by atoms with Crippen molar-refractivity contribution in [2.75, 3.05) is 6.61 Å². The minimum absolute atomic E-state index is 0.0741. The quantitative estimate of drug-likeness (QED) is 0.541. The molecule has 0 saturated heterocycles. The zero-order valence-electron chi connectivity index (χ0n) is 10.9. The summed E-state index contributed by atoms with van der Waals surface area (Å²) in [5.41, 5.74) is 2.40. The molecule has 0 aromatic heterocycles. The van der Waals surface area contributed by atoms with Crippen LogP contribution in [0.4, 0.5) is 0 Å². The third-order valence-electron chi connectivity index (χ3n) is 5.03. The Balaban J connectivity index is 1.88. The van der Waals surface area contributed by atoms with Crippen LogP contribution in [0.2, 0.25) is 0 Å². The Hall–Kier alpha value is -0.790. The zero-order valence-corrected chi connectivity index (χ0v) is 10.9. The van der Waals surface area contributed by atoms with E-state index in [2.05, 4.69) is 0 Å². The van der Waals surface area contributed by atoms with Gasteiger partial charge in [0.1, 0.15) is 0 Å². The second-order valence-electron chi connectivity index (χ2n) is 6.11. The number of hydrogen-bond acceptors (Lipinski definition) is 2. The van der Waals surface area contributed by atoms with Crippen molar-refractivity contribution in [2.24, 2.45) is 23.7 Å². The number of carbonyl (C=O) groups is 1. The van der Waals surface area contributed by atoms with Crippen LogP contribution >= 0.6 is 0 Å². The fourth-order valence-electron chi connectivity index (χ4n) is 4.66. The molecule has 4 bridgehead atoms. The van der Waals surface area contributed by atoms with E-state index in [1.807, 2.05) is 13.8 Å². The highest BCUT2D eigenvalue weighted by atomic mass is 16.5.